The van der Waals surface area contributed by atoms with Gasteiger partial charge in [0.1, 0.15) is 0 Å². The quantitative estimate of drug-likeness (QED) is 0.834. The summed E-state index contributed by atoms with van der Waals surface area (Å²) < 4.78 is 25.9. The van der Waals surface area contributed by atoms with E-state index in [-0.39, 0.29) is 17.3 Å². The molecule has 1 aromatic rings. The maximum atomic E-state index is 13.0. The molecular weight excluding hydrogens is 216 g/mol. The maximum absolute atomic E-state index is 13.0. The van der Waals surface area contributed by atoms with Crippen LogP contribution >= 0.6 is 0 Å². The van der Waals surface area contributed by atoms with Gasteiger partial charge in [0, 0.05) is 12.1 Å². The maximum Gasteiger partial charge on any atom is 0.337 e. The van der Waals surface area contributed by atoms with E-state index in [0.717, 1.165) is 25.3 Å². The molecule has 0 unspecified atom stereocenters. The lowest BCUT2D eigenvalue weighted by atomic mass is 9.92. The van der Waals surface area contributed by atoms with E-state index in [1.54, 1.807) is 0 Å². The fourth-order valence-corrected chi connectivity index (χ4v) is 1.62. The first-order valence-corrected chi connectivity index (χ1v) is 5.07. The molecule has 0 aromatic heterocycles. The first kappa shape index (κ1) is 10.9. The number of carbonyl (C=O) groups is 1. The van der Waals surface area contributed by atoms with Crippen LogP contribution in [-0.4, -0.2) is 17.1 Å². The zero-order chi connectivity index (χ0) is 11.7. The first-order chi connectivity index (χ1) is 7.58. The van der Waals surface area contributed by atoms with Crippen molar-refractivity contribution >= 4 is 11.7 Å². The van der Waals surface area contributed by atoms with E-state index in [1.165, 1.54) is 0 Å². The molecule has 3 nitrogen and oxygen atoms in total. The van der Waals surface area contributed by atoms with Gasteiger partial charge in [-0.3, -0.25) is 0 Å². The van der Waals surface area contributed by atoms with Gasteiger partial charge in [0.05, 0.1) is 11.3 Å². The SMILES string of the molecule is O=C(O)c1cc(F)c(F)cc1NC1CCC1. The van der Waals surface area contributed by atoms with E-state index in [1.807, 2.05) is 0 Å². The van der Waals surface area contributed by atoms with E-state index in [0.29, 0.717) is 6.07 Å². The molecule has 2 N–H and O–H groups in total. The topological polar surface area (TPSA) is 49.3 Å². The number of rotatable bonds is 3. The zero-order valence-electron chi connectivity index (χ0n) is 8.46. The summed E-state index contributed by atoms with van der Waals surface area (Å²) in [6.45, 7) is 0. The summed E-state index contributed by atoms with van der Waals surface area (Å²) in [5, 5.41) is 11.8. The summed E-state index contributed by atoms with van der Waals surface area (Å²) in [5.74, 6) is -3.44. The highest BCUT2D eigenvalue weighted by atomic mass is 19.2. The lowest BCUT2D eigenvalue weighted by Gasteiger charge is -2.28. The minimum absolute atomic E-state index is 0.149. The summed E-state index contributed by atoms with van der Waals surface area (Å²) in [6.07, 6.45) is 2.93. The highest BCUT2D eigenvalue weighted by Gasteiger charge is 2.21. The van der Waals surface area contributed by atoms with Crippen molar-refractivity contribution in [2.45, 2.75) is 25.3 Å². The van der Waals surface area contributed by atoms with Crippen molar-refractivity contribution in [2.75, 3.05) is 5.32 Å². The van der Waals surface area contributed by atoms with Gasteiger partial charge in [0.15, 0.2) is 11.6 Å². The second-order valence-corrected chi connectivity index (χ2v) is 3.89. The number of carboxylic acids is 1. The van der Waals surface area contributed by atoms with E-state index >= 15 is 0 Å². The Morgan fingerprint density at radius 1 is 1.31 bits per heavy atom. The van der Waals surface area contributed by atoms with Crippen LogP contribution in [0.4, 0.5) is 14.5 Å². The zero-order valence-corrected chi connectivity index (χ0v) is 8.46. The second-order valence-electron chi connectivity index (χ2n) is 3.89. The van der Waals surface area contributed by atoms with Gasteiger partial charge in [-0.25, -0.2) is 13.6 Å². The molecule has 2 rings (SSSR count). The minimum atomic E-state index is -1.26. The summed E-state index contributed by atoms with van der Waals surface area (Å²) in [5.41, 5.74) is -0.0816. The van der Waals surface area contributed by atoms with Crippen molar-refractivity contribution in [2.24, 2.45) is 0 Å². The molecule has 0 spiro atoms. The third-order valence-electron chi connectivity index (χ3n) is 2.76. The van der Waals surface area contributed by atoms with Crippen molar-refractivity contribution in [3.8, 4) is 0 Å². The molecule has 0 saturated heterocycles. The molecule has 0 aliphatic heterocycles. The fourth-order valence-electron chi connectivity index (χ4n) is 1.62. The van der Waals surface area contributed by atoms with Crippen molar-refractivity contribution in [1.29, 1.82) is 0 Å². The molecule has 0 radical (unpaired) electrons. The first-order valence-electron chi connectivity index (χ1n) is 5.07. The van der Waals surface area contributed by atoms with Crippen LogP contribution in [0, 0.1) is 11.6 Å². The molecule has 1 aromatic carbocycles. The smallest absolute Gasteiger partial charge is 0.337 e. The van der Waals surface area contributed by atoms with Crippen molar-refractivity contribution in [3.05, 3.63) is 29.3 Å². The number of halogens is 2. The van der Waals surface area contributed by atoms with Crippen LogP contribution in [-0.2, 0) is 0 Å². The fraction of sp³-hybridized carbons (Fsp3) is 0.364. The summed E-state index contributed by atoms with van der Waals surface area (Å²) in [4.78, 5) is 10.8. The predicted octanol–water partition coefficient (Wildman–Crippen LogP) is 2.63. The van der Waals surface area contributed by atoms with Gasteiger partial charge in [-0.15, -0.1) is 0 Å². The van der Waals surface area contributed by atoms with E-state index in [4.69, 9.17) is 5.11 Å². The normalized spacial score (nSPS) is 15.6. The average Bonchev–Trinajstić information content (AvgIpc) is 2.16. The average molecular weight is 227 g/mol. The van der Waals surface area contributed by atoms with Crippen LogP contribution in [0.15, 0.2) is 12.1 Å². The number of hydrogen-bond donors (Lipinski definition) is 2. The van der Waals surface area contributed by atoms with Crippen LogP contribution < -0.4 is 5.32 Å². The van der Waals surface area contributed by atoms with Gasteiger partial charge < -0.3 is 10.4 Å². The Hall–Kier alpha value is -1.65. The Morgan fingerprint density at radius 2 is 1.94 bits per heavy atom. The molecular formula is C11H11F2NO2. The Bertz CT molecular complexity index is 430. The highest BCUT2D eigenvalue weighted by molar-refractivity contribution is 5.94. The summed E-state index contributed by atoms with van der Waals surface area (Å²) in [6, 6.07) is 1.78. The monoisotopic (exact) mass is 227 g/mol. The molecule has 16 heavy (non-hydrogen) atoms. The van der Waals surface area contributed by atoms with Crippen molar-refractivity contribution in [3.63, 3.8) is 0 Å². The number of nitrogens with one attached hydrogen (secondary N) is 1. The van der Waals surface area contributed by atoms with Crippen LogP contribution in [0.2, 0.25) is 0 Å². The van der Waals surface area contributed by atoms with Gasteiger partial charge in [-0.1, -0.05) is 0 Å². The highest BCUT2D eigenvalue weighted by Crippen LogP contribution is 2.27. The van der Waals surface area contributed by atoms with Crippen LogP contribution in [0.1, 0.15) is 29.6 Å². The molecule has 0 heterocycles. The minimum Gasteiger partial charge on any atom is -0.478 e. The third-order valence-corrected chi connectivity index (χ3v) is 2.76. The van der Waals surface area contributed by atoms with Crippen molar-refractivity contribution < 1.29 is 18.7 Å². The standard InChI is InChI=1S/C11H11F2NO2/c12-8-4-7(11(15)16)10(5-9(8)13)14-6-2-1-3-6/h4-6,14H,1-3H2,(H,15,16). The van der Waals surface area contributed by atoms with E-state index in [9.17, 15) is 13.6 Å². The van der Waals surface area contributed by atoms with Crippen LogP contribution in [0.25, 0.3) is 0 Å². The number of benzene rings is 1. The van der Waals surface area contributed by atoms with E-state index < -0.39 is 17.6 Å². The summed E-state index contributed by atoms with van der Waals surface area (Å²) in [7, 11) is 0. The molecule has 1 fully saturated rings. The van der Waals surface area contributed by atoms with Gasteiger partial charge in [-0.05, 0) is 25.3 Å². The second kappa shape index (κ2) is 4.08. The van der Waals surface area contributed by atoms with Gasteiger partial charge >= 0.3 is 5.97 Å². The molecule has 1 aliphatic carbocycles. The van der Waals surface area contributed by atoms with Gasteiger partial charge in [0.25, 0.3) is 0 Å². The van der Waals surface area contributed by atoms with Crippen molar-refractivity contribution in [1.82, 2.24) is 0 Å². The Labute approximate surface area is 91.1 Å². The largest absolute Gasteiger partial charge is 0.478 e. The molecule has 0 atom stereocenters. The molecule has 0 bridgehead atoms. The Balaban J connectivity index is 2.32. The number of aromatic carboxylic acids is 1. The molecule has 86 valence electrons. The summed E-state index contributed by atoms with van der Waals surface area (Å²) >= 11 is 0. The number of hydrogen-bond acceptors (Lipinski definition) is 2. The number of carboxylic acid groups (broad SMARTS) is 1. The number of anilines is 1. The lowest BCUT2D eigenvalue weighted by molar-refractivity contribution is 0.0697. The van der Waals surface area contributed by atoms with Gasteiger partial charge in [0.2, 0.25) is 0 Å². The Morgan fingerprint density at radius 3 is 2.44 bits per heavy atom. The molecule has 0 amide bonds. The third kappa shape index (κ3) is 1.98. The molecule has 1 aliphatic rings. The van der Waals surface area contributed by atoms with Crippen LogP contribution in [0.5, 0.6) is 0 Å². The molecule has 1 saturated carbocycles. The lowest BCUT2D eigenvalue weighted by Crippen LogP contribution is -2.28. The van der Waals surface area contributed by atoms with E-state index in [2.05, 4.69) is 5.32 Å². The Kier molecular flexibility index (Phi) is 2.77. The van der Waals surface area contributed by atoms with Crippen LogP contribution in [0.3, 0.4) is 0 Å². The molecule has 5 heteroatoms. The predicted molar refractivity (Wildman–Crippen MR) is 54.6 cm³/mol. The van der Waals surface area contributed by atoms with Gasteiger partial charge in [-0.2, -0.15) is 0 Å².